The van der Waals surface area contributed by atoms with Gasteiger partial charge in [0.15, 0.2) is 0 Å². The third-order valence-electron chi connectivity index (χ3n) is 2.44. The first-order valence-corrected chi connectivity index (χ1v) is 6.17. The van der Waals surface area contributed by atoms with E-state index in [1.54, 1.807) is 0 Å². The number of aromatic carboxylic acids is 1. The number of hydrogen-bond donors (Lipinski definition) is 3. The van der Waals surface area contributed by atoms with Crippen molar-refractivity contribution in [1.29, 1.82) is 0 Å². The molecular weight excluding hydrogens is 333 g/mol. The van der Waals surface area contributed by atoms with Crippen molar-refractivity contribution in [2.75, 3.05) is 5.33 Å². The van der Waals surface area contributed by atoms with Crippen molar-refractivity contribution in [3.05, 3.63) is 34.9 Å². The van der Waals surface area contributed by atoms with Gasteiger partial charge in [-0.15, -0.1) is 0 Å². The average Bonchev–Trinajstić information content (AvgIpc) is 2.35. The Hall–Kier alpha value is -1.12. The SMILES string of the molecule is O=C(O)c1ccc(C(O)C(O)CBr)cc1C(F)(F)F. The van der Waals surface area contributed by atoms with Crippen LogP contribution >= 0.6 is 15.9 Å². The Kier molecular flexibility index (Phi) is 4.94. The monoisotopic (exact) mass is 342 g/mol. The van der Waals surface area contributed by atoms with Crippen LogP contribution in [0.5, 0.6) is 0 Å². The number of alkyl halides is 4. The Morgan fingerprint density at radius 1 is 1.32 bits per heavy atom. The maximum absolute atomic E-state index is 12.7. The fourth-order valence-corrected chi connectivity index (χ4v) is 1.83. The molecular formula is C11H10BrF3O4. The summed E-state index contributed by atoms with van der Waals surface area (Å²) in [4.78, 5) is 10.7. The van der Waals surface area contributed by atoms with E-state index in [0.717, 1.165) is 12.1 Å². The molecule has 8 heteroatoms. The number of benzene rings is 1. The quantitative estimate of drug-likeness (QED) is 0.733. The van der Waals surface area contributed by atoms with Crippen LogP contribution in [0.1, 0.15) is 27.6 Å². The zero-order valence-electron chi connectivity index (χ0n) is 9.36. The summed E-state index contributed by atoms with van der Waals surface area (Å²) in [5, 5.41) is 27.6. The van der Waals surface area contributed by atoms with Gasteiger partial charge in [0.2, 0.25) is 0 Å². The number of aliphatic hydroxyl groups is 2. The number of carboxylic acids is 1. The largest absolute Gasteiger partial charge is 0.478 e. The standard InChI is InChI=1S/C11H10BrF3O4/c12-4-8(16)9(17)5-1-2-6(10(18)19)7(3-5)11(13,14)15/h1-3,8-9,16-17H,4H2,(H,18,19). The Morgan fingerprint density at radius 2 is 1.89 bits per heavy atom. The molecule has 19 heavy (non-hydrogen) atoms. The number of aliphatic hydroxyl groups excluding tert-OH is 2. The van der Waals surface area contributed by atoms with E-state index in [-0.39, 0.29) is 10.9 Å². The summed E-state index contributed by atoms with van der Waals surface area (Å²) in [7, 11) is 0. The van der Waals surface area contributed by atoms with E-state index in [1.807, 2.05) is 0 Å². The molecule has 0 aromatic heterocycles. The van der Waals surface area contributed by atoms with Gasteiger partial charge < -0.3 is 15.3 Å². The van der Waals surface area contributed by atoms with Crippen molar-refractivity contribution in [3.63, 3.8) is 0 Å². The Bertz CT molecular complexity index is 475. The van der Waals surface area contributed by atoms with Crippen LogP contribution in [0, 0.1) is 0 Å². The summed E-state index contributed by atoms with van der Waals surface area (Å²) in [6.45, 7) is 0. The molecule has 0 aliphatic rings. The molecule has 1 aromatic carbocycles. The van der Waals surface area contributed by atoms with Gasteiger partial charge in [0.1, 0.15) is 6.10 Å². The van der Waals surface area contributed by atoms with Crippen LogP contribution in [0.25, 0.3) is 0 Å². The summed E-state index contributed by atoms with van der Waals surface area (Å²) >= 11 is 2.88. The first kappa shape index (κ1) is 15.9. The summed E-state index contributed by atoms with van der Waals surface area (Å²) in [5.41, 5.74) is -2.47. The molecule has 2 unspecified atom stereocenters. The predicted octanol–water partition coefficient (Wildman–Crippen LogP) is 2.19. The lowest BCUT2D eigenvalue weighted by Crippen LogP contribution is -2.21. The lowest BCUT2D eigenvalue weighted by Gasteiger charge is -2.18. The number of carbonyl (C=O) groups is 1. The molecule has 0 radical (unpaired) electrons. The molecule has 0 saturated carbocycles. The maximum Gasteiger partial charge on any atom is 0.417 e. The zero-order valence-corrected chi connectivity index (χ0v) is 10.9. The van der Waals surface area contributed by atoms with Gasteiger partial charge in [0, 0.05) is 5.33 Å². The number of rotatable bonds is 4. The van der Waals surface area contributed by atoms with Gasteiger partial charge in [-0.25, -0.2) is 4.79 Å². The minimum absolute atomic E-state index is 0.0315. The lowest BCUT2D eigenvalue weighted by atomic mass is 9.98. The van der Waals surface area contributed by atoms with Crippen LogP contribution in [0.4, 0.5) is 13.2 Å². The normalized spacial score (nSPS) is 15.1. The zero-order chi connectivity index (χ0) is 14.8. The fourth-order valence-electron chi connectivity index (χ4n) is 1.47. The summed E-state index contributed by atoms with van der Waals surface area (Å²) < 4.78 is 38.2. The van der Waals surface area contributed by atoms with Gasteiger partial charge in [-0.05, 0) is 17.7 Å². The highest BCUT2D eigenvalue weighted by atomic mass is 79.9. The molecule has 0 aliphatic carbocycles. The first-order valence-electron chi connectivity index (χ1n) is 5.05. The second-order valence-electron chi connectivity index (χ2n) is 3.77. The number of carboxylic acid groups (broad SMARTS) is 1. The molecule has 0 spiro atoms. The molecule has 4 nitrogen and oxygen atoms in total. The highest BCUT2D eigenvalue weighted by Gasteiger charge is 2.36. The molecule has 0 amide bonds. The van der Waals surface area contributed by atoms with Crippen LogP contribution in [0.15, 0.2) is 18.2 Å². The van der Waals surface area contributed by atoms with Crippen molar-refractivity contribution in [1.82, 2.24) is 0 Å². The molecule has 1 aromatic rings. The molecule has 0 aliphatic heterocycles. The molecule has 0 fully saturated rings. The topological polar surface area (TPSA) is 77.8 Å². The van der Waals surface area contributed by atoms with E-state index in [9.17, 15) is 28.2 Å². The lowest BCUT2D eigenvalue weighted by molar-refractivity contribution is -0.138. The highest BCUT2D eigenvalue weighted by molar-refractivity contribution is 9.09. The second kappa shape index (κ2) is 5.89. The molecule has 3 N–H and O–H groups in total. The van der Waals surface area contributed by atoms with Gasteiger partial charge in [-0.1, -0.05) is 22.0 Å². The van der Waals surface area contributed by atoms with Gasteiger partial charge in [0.25, 0.3) is 0 Å². The van der Waals surface area contributed by atoms with Gasteiger partial charge in [-0.3, -0.25) is 0 Å². The smallest absolute Gasteiger partial charge is 0.417 e. The van der Waals surface area contributed by atoms with Crippen molar-refractivity contribution in [3.8, 4) is 0 Å². The van der Waals surface area contributed by atoms with E-state index in [2.05, 4.69) is 15.9 Å². The summed E-state index contributed by atoms with van der Waals surface area (Å²) in [6.07, 6.45) is -7.69. The van der Waals surface area contributed by atoms with E-state index >= 15 is 0 Å². The van der Waals surface area contributed by atoms with Gasteiger partial charge in [-0.2, -0.15) is 13.2 Å². The van der Waals surface area contributed by atoms with Gasteiger partial charge >= 0.3 is 12.1 Å². The summed E-state index contributed by atoms with van der Waals surface area (Å²) in [5.74, 6) is -1.71. The van der Waals surface area contributed by atoms with Crippen molar-refractivity contribution < 1.29 is 33.3 Å². The van der Waals surface area contributed by atoms with Crippen LogP contribution in [0.3, 0.4) is 0 Å². The summed E-state index contributed by atoms with van der Waals surface area (Å²) in [6, 6.07) is 2.32. The van der Waals surface area contributed by atoms with Crippen LogP contribution in [0.2, 0.25) is 0 Å². The van der Waals surface area contributed by atoms with E-state index in [4.69, 9.17) is 5.11 Å². The van der Waals surface area contributed by atoms with Crippen LogP contribution < -0.4 is 0 Å². The predicted molar refractivity (Wildman–Crippen MR) is 63.2 cm³/mol. The third kappa shape index (κ3) is 3.68. The average molecular weight is 343 g/mol. The van der Waals surface area contributed by atoms with Crippen LogP contribution in [-0.2, 0) is 6.18 Å². The Labute approximate surface area is 114 Å². The molecule has 106 valence electrons. The maximum atomic E-state index is 12.7. The molecule has 0 bridgehead atoms. The molecule has 0 heterocycles. The van der Waals surface area contributed by atoms with E-state index < -0.39 is 35.5 Å². The number of hydrogen-bond acceptors (Lipinski definition) is 3. The van der Waals surface area contributed by atoms with Crippen molar-refractivity contribution in [2.45, 2.75) is 18.4 Å². The third-order valence-corrected chi connectivity index (χ3v) is 3.11. The fraction of sp³-hybridized carbons (Fsp3) is 0.364. The molecule has 2 atom stereocenters. The number of halogens is 4. The van der Waals surface area contributed by atoms with Crippen LogP contribution in [-0.4, -0.2) is 32.7 Å². The van der Waals surface area contributed by atoms with Crippen molar-refractivity contribution in [2.24, 2.45) is 0 Å². The minimum Gasteiger partial charge on any atom is -0.478 e. The molecule has 0 saturated heterocycles. The Balaban J connectivity index is 3.30. The van der Waals surface area contributed by atoms with E-state index in [1.165, 1.54) is 0 Å². The first-order chi connectivity index (χ1) is 8.68. The Morgan fingerprint density at radius 3 is 2.32 bits per heavy atom. The molecule has 1 rings (SSSR count). The van der Waals surface area contributed by atoms with Gasteiger partial charge in [0.05, 0.1) is 17.2 Å². The van der Waals surface area contributed by atoms with Crippen molar-refractivity contribution >= 4 is 21.9 Å². The minimum atomic E-state index is -4.86. The second-order valence-corrected chi connectivity index (χ2v) is 4.42. The van der Waals surface area contributed by atoms with E-state index in [0.29, 0.717) is 6.07 Å². The highest BCUT2D eigenvalue weighted by Crippen LogP contribution is 2.34.